The highest BCUT2D eigenvalue weighted by molar-refractivity contribution is 5.42. The number of hydrogen-bond acceptors (Lipinski definition) is 2. The van der Waals surface area contributed by atoms with Gasteiger partial charge in [0.2, 0.25) is 0 Å². The van der Waals surface area contributed by atoms with E-state index in [-0.39, 0.29) is 11.9 Å². The minimum Gasteiger partial charge on any atom is -0.494 e. The van der Waals surface area contributed by atoms with E-state index in [1.807, 2.05) is 50.2 Å². The maximum Gasteiger partial charge on any atom is 0.126 e. The molecular weight excluding hydrogens is 265 g/mol. The van der Waals surface area contributed by atoms with Crippen molar-refractivity contribution in [1.29, 1.82) is 0 Å². The molecule has 112 valence electrons. The topological polar surface area (TPSA) is 21.3 Å². The van der Waals surface area contributed by atoms with Crippen molar-refractivity contribution in [1.82, 2.24) is 5.32 Å². The average molecular weight is 287 g/mol. The van der Waals surface area contributed by atoms with Gasteiger partial charge in [0, 0.05) is 5.56 Å². The fourth-order valence-corrected chi connectivity index (χ4v) is 2.41. The summed E-state index contributed by atoms with van der Waals surface area (Å²) in [6, 6.07) is 13.2. The summed E-state index contributed by atoms with van der Waals surface area (Å²) in [6.45, 7) is 7.18. The Morgan fingerprint density at radius 3 is 2.57 bits per heavy atom. The summed E-state index contributed by atoms with van der Waals surface area (Å²) in [5, 5.41) is 3.41. The quantitative estimate of drug-likeness (QED) is 0.858. The number of benzene rings is 2. The van der Waals surface area contributed by atoms with Crippen LogP contribution in [0, 0.1) is 12.7 Å². The average Bonchev–Trinajstić information content (AvgIpc) is 2.49. The number of ether oxygens (including phenoxy) is 1. The standard InChI is InChI=1S/C18H22FNO/c1-4-20-18(14-11-10-13(3)16(19)12-14)15-8-6-7-9-17(15)21-5-2/h6-12,18,20H,4-5H2,1-3H3. The SMILES string of the molecule is CCNC(c1ccc(C)c(F)c1)c1ccccc1OCC. The Bertz CT molecular complexity index is 598. The van der Waals surface area contributed by atoms with Crippen LogP contribution in [-0.4, -0.2) is 13.2 Å². The van der Waals surface area contributed by atoms with E-state index >= 15 is 0 Å². The number of para-hydroxylation sites is 1. The van der Waals surface area contributed by atoms with Gasteiger partial charge in [-0.2, -0.15) is 0 Å². The second kappa shape index (κ2) is 7.23. The molecule has 0 fully saturated rings. The van der Waals surface area contributed by atoms with Gasteiger partial charge in [0.15, 0.2) is 0 Å². The Labute approximate surface area is 126 Å². The van der Waals surface area contributed by atoms with Crippen molar-refractivity contribution in [2.75, 3.05) is 13.2 Å². The van der Waals surface area contributed by atoms with Crippen molar-refractivity contribution in [3.05, 3.63) is 65.0 Å². The number of nitrogens with one attached hydrogen (secondary N) is 1. The highest BCUT2D eigenvalue weighted by atomic mass is 19.1. The lowest BCUT2D eigenvalue weighted by Crippen LogP contribution is -2.23. The molecule has 0 aliphatic heterocycles. The largest absolute Gasteiger partial charge is 0.494 e. The van der Waals surface area contributed by atoms with Crippen LogP contribution in [0.1, 0.15) is 36.6 Å². The Balaban J connectivity index is 2.45. The first-order chi connectivity index (χ1) is 10.2. The highest BCUT2D eigenvalue weighted by Crippen LogP contribution is 2.30. The molecule has 2 nitrogen and oxygen atoms in total. The Hall–Kier alpha value is -1.87. The van der Waals surface area contributed by atoms with Crippen LogP contribution in [0.2, 0.25) is 0 Å². The molecule has 0 amide bonds. The molecule has 0 saturated carbocycles. The van der Waals surface area contributed by atoms with Gasteiger partial charge in [-0.05, 0) is 43.7 Å². The molecule has 1 unspecified atom stereocenters. The maximum absolute atomic E-state index is 13.9. The smallest absolute Gasteiger partial charge is 0.126 e. The van der Waals surface area contributed by atoms with Gasteiger partial charge < -0.3 is 10.1 Å². The summed E-state index contributed by atoms with van der Waals surface area (Å²) < 4.78 is 19.6. The molecule has 2 rings (SSSR count). The first-order valence-corrected chi connectivity index (χ1v) is 7.38. The molecule has 1 N–H and O–H groups in total. The third kappa shape index (κ3) is 3.61. The van der Waals surface area contributed by atoms with Crippen LogP contribution in [0.4, 0.5) is 4.39 Å². The summed E-state index contributed by atoms with van der Waals surface area (Å²) >= 11 is 0. The van der Waals surface area contributed by atoms with Gasteiger partial charge in [0.25, 0.3) is 0 Å². The van der Waals surface area contributed by atoms with Crippen molar-refractivity contribution < 1.29 is 9.13 Å². The molecule has 3 heteroatoms. The fraction of sp³-hybridized carbons (Fsp3) is 0.333. The van der Waals surface area contributed by atoms with E-state index < -0.39 is 0 Å². The molecule has 0 heterocycles. The van der Waals surface area contributed by atoms with E-state index in [9.17, 15) is 4.39 Å². The predicted molar refractivity (Wildman–Crippen MR) is 84.3 cm³/mol. The predicted octanol–water partition coefficient (Wildman–Crippen LogP) is 4.23. The Morgan fingerprint density at radius 1 is 1.14 bits per heavy atom. The number of aryl methyl sites for hydroxylation is 1. The molecule has 0 saturated heterocycles. The molecule has 2 aromatic rings. The maximum atomic E-state index is 13.9. The molecular formula is C18H22FNO. The first kappa shape index (κ1) is 15.5. The lowest BCUT2D eigenvalue weighted by Gasteiger charge is -2.22. The summed E-state index contributed by atoms with van der Waals surface area (Å²) in [5.41, 5.74) is 2.60. The van der Waals surface area contributed by atoms with Crippen LogP contribution in [0.5, 0.6) is 5.75 Å². The molecule has 0 aliphatic rings. The molecule has 0 radical (unpaired) electrons. The van der Waals surface area contributed by atoms with Crippen molar-refractivity contribution >= 4 is 0 Å². The van der Waals surface area contributed by atoms with E-state index in [0.717, 1.165) is 23.4 Å². The molecule has 0 aromatic heterocycles. The van der Waals surface area contributed by atoms with E-state index in [1.54, 1.807) is 13.0 Å². The molecule has 0 spiro atoms. The summed E-state index contributed by atoms with van der Waals surface area (Å²) in [4.78, 5) is 0. The van der Waals surface area contributed by atoms with Crippen molar-refractivity contribution in [3.63, 3.8) is 0 Å². The zero-order chi connectivity index (χ0) is 15.2. The second-order valence-corrected chi connectivity index (χ2v) is 4.97. The molecule has 1 atom stereocenters. The zero-order valence-corrected chi connectivity index (χ0v) is 12.8. The van der Waals surface area contributed by atoms with Gasteiger partial charge in [-0.15, -0.1) is 0 Å². The molecule has 2 aromatic carbocycles. The van der Waals surface area contributed by atoms with Gasteiger partial charge in [0.1, 0.15) is 11.6 Å². The van der Waals surface area contributed by atoms with Crippen LogP contribution in [0.25, 0.3) is 0 Å². The molecule has 21 heavy (non-hydrogen) atoms. The monoisotopic (exact) mass is 287 g/mol. The normalized spacial score (nSPS) is 12.2. The fourth-order valence-electron chi connectivity index (χ4n) is 2.41. The minimum absolute atomic E-state index is 0.0761. The summed E-state index contributed by atoms with van der Waals surface area (Å²) in [6.07, 6.45) is 0. The Morgan fingerprint density at radius 2 is 1.90 bits per heavy atom. The lowest BCUT2D eigenvalue weighted by molar-refractivity contribution is 0.333. The summed E-state index contributed by atoms with van der Waals surface area (Å²) in [5.74, 6) is 0.663. The van der Waals surface area contributed by atoms with Crippen molar-refractivity contribution in [2.24, 2.45) is 0 Å². The number of hydrogen-bond donors (Lipinski definition) is 1. The van der Waals surface area contributed by atoms with E-state index in [1.165, 1.54) is 0 Å². The Kier molecular flexibility index (Phi) is 5.34. The van der Waals surface area contributed by atoms with Gasteiger partial charge in [-0.25, -0.2) is 4.39 Å². The van der Waals surface area contributed by atoms with Crippen molar-refractivity contribution in [2.45, 2.75) is 26.8 Å². The van der Waals surface area contributed by atoms with E-state index in [2.05, 4.69) is 5.32 Å². The van der Waals surface area contributed by atoms with Crippen LogP contribution in [0.3, 0.4) is 0 Å². The van der Waals surface area contributed by atoms with Crippen LogP contribution in [-0.2, 0) is 0 Å². The van der Waals surface area contributed by atoms with Crippen LogP contribution < -0.4 is 10.1 Å². The zero-order valence-electron chi connectivity index (χ0n) is 12.8. The van der Waals surface area contributed by atoms with E-state index in [4.69, 9.17) is 4.74 Å². The summed E-state index contributed by atoms with van der Waals surface area (Å²) in [7, 11) is 0. The third-order valence-corrected chi connectivity index (χ3v) is 3.47. The molecule has 0 aliphatic carbocycles. The first-order valence-electron chi connectivity index (χ1n) is 7.38. The second-order valence-electron chi connectivity index (χ2n) is 4.97. The van der Waals surface area contributed by atoms with Gasteiger partial charge >= 0.3 is 0 Å². The molecule has 0 bridgehead atoms. The number of rotatable bonds is 6. The van der Waals surface area contributed by atoms with Gasteiger partial charge in [-0.1, -0.05) is 37.3 Å². The number of halogens is 1. The van der Waals surface area contributed by atoms with Crippen molar-refractivity contribution in [3.8, 4) is 5.75 Å². The van der Waals surface area contributed by atoms with Gasteiger partial charge in [0.05, 0.1) is 12.6 Å². The lowest BCUT2D eigenvalue weighted by atomic mass is 9.96. The highest BCUT2D eigenvalue weighted by Gasteiger charge is 2.18. The van der Waals surface area contributed by atoms with E-state index in [0.29, 0.717) is 12.2 Å². The minimum atomic E-state index is -0.177. The van der Waals surface area contributed by atoms with Crippen LogP contribution in [0.15, 0.2) is 42.5 Å². The third-order valence-electron chi connectivity index (χ3n) is 3.47. The van der Waals surface area contributed by atoms with Crippen LogP contribution >= 0.6 is 0 Å². The van der Waals surface area contributed by atoms with Gasteiger partial charge in [-0.3, -0.25) is 0 Å².